The van der Waals surface area contributed by atoms with Crippen molar-refractivity contribution in [2.75, 3.05) is 5.73 Å². The number of carbonyl (C=O) groups excluding carboxylic acids is 1. The van der Waals surface area contributed by atoms with Crippen LogP contribution in [0.1, 0.15) is 18.6 Å². The second-order valence-electron chi connectivity index (χ2n) is 2.68. The van der Waals surface area contributed by atoms with Gasteiger partial charge in [0.15, 0.2) is 5.78 Å². The zero-order chi connectivity index (χ0) is 9.14. The van der Waals surface area contributed by atoms with E-state index in [1.165, 1.54) is 6.92 Å². The summed E-state index contributed by atoms with van der Waals surface area (Å²) in [5.74, 6) is -0.277. The minimum absolute atomic E-state index is 0.277. The second-order valence-corrected chi connectivity index (χ2v) is 2.68. The molecule has 0 aliphatic rings. The van der Waals surface area contributed by atoms with E-state index in [4.69, 9.17) is 5.73 Å². The van der Waals surface area contributed by atoms with Gasteiger partial charge >= 0.3 is 0 Å². The Bertz CT molecular complexity index is 296. The third kappa shape index (κ3) is 1.83. The molecule has 0 saturated carbocycles. The SMILES string of the molecule is CC(=O)[C@@H](O)c1cccc(N)c1. The Morgan fingerprint density at radius 2 is 2.25 bits per heavy atom. The van der Waals surface area contributed by atoms with Gasteiger partial charge in [-0.25, -0.2) is 0 Å². The predicted octanol–water partition coefficient (Wildman–Crippen LogP) is 0.891. The number of nitrogen functional groups attached to an aromatic ring is 1. The Kier molecular flexibility index (Phi) is 2.45. The Morgan fingerprint density at radius 1 is 1.58 bits per heavy atom. The summed E-state index contributed by atoms with van der Waals surface area (Å²) in [7, 11) is 0. The fraction of sp³-hybridized carbons (Fsp3) is 0.222. The van der Waals surface area contributed by atoms with E-state index < -0.39 is 6.10 Å². The maximum atomic E-state index is 10.8. The van der Waals surface area contributed by atoms with E-state index in [0.717, 1.165) is 0 Å². The van der Waals surface area contributed by atoms with Crippen molar-refractivity contribution >= 4 is 11.5 Å². The fourth-order valence-electron chi connectivity index (χ4n) is 0.964. The van der Waals surface area contributed by atoms with Gasteiger partial charge in [-0.1, -0.05) is 12.1 Å². The van der Waals surface area contributed by atoms with Crippen LogP contribution in [-0.4, -0.2) is 10.9 Å². The molecule has 0 aliphatic heterocycles. The third-order valence-electron chi connectivity index (χ3n) is 1.61. The molecule has 0 spiro atoms. The molecule has 64 valence electrons. The molecule has 1 aromatic rings. The number of carbonyl (C=O) groups is 1. The number of rotatable bonds is 2. The van der Waals surface area contributed by atoms with Crippen LogP contribution in [0.25, 0.3) is 0 Å². The zero-order valence-electron chi connectivity index (χ0n) is 6.82. The first-order chi connectivity index (χ1) is 5.61. The highest BCUT2D eigenvalue weighted by Gasteiger charge is 2.11. The summed E-state index contributed by atoms with van der Waals surface area (Å²) >= 11 is 0. The standard InChI is InChI=1S/C9H11NO2/c1-6(11)9(12)7-3-2-4-8(10)5-7/h2-5,9,12H,10H2,1H3/t9-/m1/s1. The number of hydrogen-bond donors (Lipinski definition) is 2. The molecule has 0 aromatic heterocycles. The first kappa shape index (κ1) is 8.74. The summed E-state index contributed by atoms with van der Waals surface area (Å²) in [6, 6.07) is 6.67. The summed E-state index contributed by atoms with van der Waals surface area (Å²) in [6.07, 6.45) is -1.05. The Hall–Kier alpha value is -1.35. The number of benzene rings is 1. The van der Waals surface area contributed by atoms with E-state index >= 15 is 0 Å². The van der Waals surface area contributed by atoms with Gasteiger partial charge in [-0.2, -0.15) is 0 Å². The summed E-state index contributed by atoms with van der Waals surface area (Å²) in [4.78, 5) is 10.8. The van der Waals surface area contributed by atoms with Gasteiger partial charge < -0.3 is 10.8 Å². The molecule has 1 aromatic carbocycles. The van der Waals surface area contributed by atoms with E-state index in [2.05, 4.69) is 0 Å². The molecule has 0 heterocycles. The minimum Gasteiger partial charge on any atom is -0.399 e. The quantitative estimate of drug-likeness (QED) is 0.640. The van der Waals surface area contributed by atoms with E-state index in [1.807, 2.05) is 0 Å². The lowest BCUT2D eigenvalue weighted by atomic mass is 10.1. The predicted molar refractivity (Wildman–Crippen MR) is 46.5 cm³/mol. The monoisotopic (exact) mass is 165 g/mol. The van der Waals surface area contributed by atoms with Crippen molar-refractivity contribution in [1.29, 1.82) is 0 Å². The van der Waals surface area contributed by atoms with Gasteiger partial charge in [-0.15, -0.1) is 0 Å². The van der Waals surface area contributed by atoms with Gasteiger partial charge in [0.1, 0.15) is 6.10 Å². The molecule has 0 amide bonds. The van der Waals surface area contributed by atoms with Crippen LogP contribution in [-0.2, 0) is 4.79 Å². The maximum absolute atomic E-state index is 10.8. The number of nitrogens with two attached hydrogens (primary N) is 1. The maximum Gasteiger partial charge on any atom is 0.162 e. The van der Waals surface area contributed by atoms with Crippen LogP contribution in [0.2, 0.25) is 0 Å². The number of hydrogen-bond acceptors (Lipinski definition) is 3. The van der Waals surface area contributed by atoms with Crippen molar-refractivity contribution in [2.24, 2.45) is 0 Å². The van der Waals surface area contributed by atoms with Crippen molar-refractivity contribution in [2.45, 2.75) is 13.0 Å². The van der Waals surface area contributed by atoms with Gasteiger partial charge in [-0.3, -0.25) is 4.79 Å². The lowest BCUT2D eigenvalue weighted by molar-refractivity contribution is -0.125. The summed E-state index contributed by atoms with van der Waals surface area (Å²) < 4.78 is 0. The smallest absolute Gasteiger partial charge is 0.162 e. The van der Waals surface area contributed by atoms with Gasteiger partial charge in [0.05, 0.1) is 0 Å². The van der Waals surface area contributed by atoms with Crippen LogP contribution in [0, 0.1) is 0 Å². The molecule has 0 bridgehead atoms. The molecular formula is C9H11NO2. The molecule has 0 aliphatic carbocycles. The highest BCUT2D eigenvalue weighted by Crippen LogP contribution is 2.15. The number of anilines is 1. The van der Waals surface area contributed by atoms with Crippen molar-refractivity contribution in [3.05, 3.63) is 29.8 Å². The minimum atomic E-state index is -1.05. The molecular weight excluding hydrogens is 154 g/mol. The lowest BCUT2D eigenvalue weighted by Gasteiger charge is -2.06. The number of aliphatic hydroxyl groups excluding tert-OH is 1. The topological polar surface area (TPSA) is 63.3 Å². The Balaban J connectivity index is 2.95. The van der Waals surface area contributed by atoms with Crippen molar-refractivity contribution in [1.82, 2.24) is 0 Å². The third-order valence-corrected chi connectivity index (χ3v) is 1.61. The fourth-order valence-corrected chi connectivity index (χ4v) is 0.964. The van der Waals surface area contributed by atoms with Crippen molar-refractivity contribution in [3.63, 3.8) is 0 Å². The molecule has 0 radical (unpaired) electrons. The van der Waals surface area contributed by atoms with Crippen molar-refractivity contribution < 1.29 is 9.90 Å². The Labute approximate surface area is 70.8 Å². The largest absolute Gasteiger partial charge is 0.399 e. The van der Waals surface area contributed by atoms with Crippen LogP contribution in [0.5, 0.6) is 0 Å². The number of Topliss-reactive ketones (excluding diaryl/α,β-unsaturated/α-hetero) is 1. The van der Waals surface area contributed by atoms with Gasteiger partial charge in [0.2, 0.25) is 0 Å². The van der Waals surface area contributed by atoms with Crippen LogP contribution < -0.4 is 5.73 Å². The molecule has 1 atom stereocenters. The molecule has 3 N–H and O–H groups in total. The summed E-state index contributed by atoms with van der Waals surface area (Å²) in [5, 5.41) is 9.32. The Morgan fingerprint density at radius 3 is 2.75 bits per heavy atom. The summed E-state index contributed by atoms with van der Waals surface area (Å²) in [5.41, 5.74) is 6.57. The summed E-state index contributed by atoms with van der Waals surface area (Å²) in [6.45, 7) is 1.34. The van der Waals surface area contributed by atoms with E-state index in [0.29, 0.717) is 11.3 Å². The van der Waals surface area contributed by atoms with Crippen molar-refractivity contribution in [3.8, 4) is 0 Å². The van der Waals surface area contributed by atoms with Gasteiger partial charge in [-0.05, 0) is 24.6 Å². The van der Waals surface area contributed by atoms with E-state index in [-0.39, 0.29) is 5.78 Å². The van der Waals surface area contributed by atoms with E-state index in [9.17, 15) is 9.90 Å². The molecule has 0 fully saturated rings. The van der Waals surface area contributed by atoms with Gasteiger partial charge in [0, 0.05) is 5.69 Å². The molecule has 0 saturated heterocycles. The van der Waals surface area contributed by atoms with E-state index in [1.54, 1.807) is 24.3 Å². The highest BCUT2D eigenvalue weighted by atomic mass is 16.3. The normalized spacial score (nSPS) is 12.5. The molecule has 3 nitrogen and oxygen atoms in total. The molecule has 0 unspecified atom stereocenters. The average molecular weight is 165 g/mol. The van der Waals surface area contributed by atoms with Crippen LogP contribution >= 0.6 is 0 Å². The molecule has 1 rings (SSSR count). The van der Waals surface area contributed by atoms with Gasteiger partial charge in [0.25, 0.3) is 0 Å². The van der Waals surface area contributed by atoms with Crippen LogP contribution in [0.15, 0.2) is 24.3 Å². The second kappa shape index (κ2) is 3.36. The van der Waals surface area contributed by atoms with Crippen LogP contribution in [0.4, 0.5) is 5.69 Å². The first-order valence-corrected chi connectivity index (χ1v) is 3.65. The lowest BCUT2D eigenvalue weighted by Crippen LogP contribution is -2.07. The highest BCUT2D eigenvalue weighted by molar-refractivity contribution is 5.81. The zero-order valence-corrected chi connectivity index (χ0v) is 6.82. The number of aliphatic hydroxyl groups is 1. The molecule has 12 heavy (non-hydrogen) atoms. The molecule has 3 heteroatoms. The average Bonchev–Trinajstić information content (AvgIpc) is 2.03. The number of ketones is 1. The first-order valence-electron chi connectivity index (χ1n) is 3.65. The van der Waals surface area contributed by atoms with Crippen LogP contribution in [0.3, 0.4) is 0 Å².